The zero-order valence-corrected chi connectivity index (χ0v) is 12.4. The summed E-state index contributed by atoms with van der Waals surface area (Å²) in [6.07, 6.45) is 0.497. The maximum absolute atomic E-state index is 10.7. The van der Waals surface area contributed by atoms with Crippen LogP contribution in [0.4, 0.5) is 0 Å². The molecule has 0 aromatic heterocycles. The van der Waals surface area contributed by atoms with Gasteiger partial charge in [0.05, 0.1) is 10.5 Å². The topological polar surface area (TPSA) is 91.7 Å². The molecule has 0 aliphatic carbocycles. The number of carbonyl (C=O) groups is 1. The molecule has 0 atom stereocenters. The summed E-state index contributed by atoms with van der Waals surface area (Å²) in [5.74, 6) is -1.33. The third-order valence-corrected chi connectivity index (χ3v) is 2.66. The second-order valence-electron chi connectivity index (χ2n) is 2.58. The Morgan fingerprint density at radius 3 is 2.07 bits per heavy atom. The number of carboxylic acid groups (broad SMARTS) is 1. The summed E-state index contributed by atoms with van der Waals surface area (Å²) < 4.78 is 30.1. The van der Waals surface area contributed by atoms with E-state index in [9.17, 15) is 13.2 Å². The SMILES string of the molecule is CCCC(=C(C)C(=O)O)S(=O)(=O)O.[H-].[K+]. The Kier molecular flexibility index (Phi) is 8.70. The van der Waals surface area contributed by atoms with Crippen LogP contribution >= 0.6 is 0 Å². The van der Waals surface area contributed by atoms with E-state index in [1.165, 1.54) is 0 Å². The summed E-state index contributed by atoms with van der Waals surface area (Å²) in [5, 5.41) is 8.51. The van der Waals surface area contributed by atoms with Crippen molar-refractivity contribution >= 4 is 16.1 Å². The Bertz CT molecular complexity index is 335. The fraction of sp³-hybridized carbons (Fsp3) is 0.571. The fourth-order valence-corrected chi connectivity index (χ4v) is 1.79. The van der Waals surface area contributed by atoms with Gasteiger partial charge in [-0.2, -0.15) is 8.42 Å². The molecule has 0 aromatic carbocycles. The minimum atomic E-state index is -4.37. The first-order valence-corrected chi connectivity index (χ1v) is 5.15. The van der Waals surface area contributed by atoms with Crippen LogP contribution < -0.4 is 51.4 Å². The van der Waals surface area contributed by atoms with E-state index in [-0.39, 0.29) is 64.8 Å². The molecule has 0 unspecified atom stereocenters. The number of allylic oxidation sites excluding steroid dienone is 1. The van der Waals surface area contributed by atoms with Gasteiger partial charge >= 0.3 is 57.4 Å². The molecule has 0 rings (SSSR count). The minimum absolute atomic E-state index is 0. The Labute approximate surface area is 127 Å². The van der Waals surface area contributed by atoms with E-state index in [1.807, 2.05) is 0 Å². The third-order valence-electron chi connectivity index (χ3n) is 1.53. The van der Waals surface area contributed by atoms with E-state index in [2.05, 4.69) is 0 Å². The van der Waals surface area contributed by atoms with Gasteiger partial charge in [0.1, 0.15) is 0 Å². The molecule has 0 fully saturated rings. The number of hydrogen-bond donors (Lipinski definition) is 2. The van der Waals surface area contributed by atoms with Gasteiger partial charge in [0.15, 0.2) is 0 Å². The average molecular weight is 248 g/mol. The molecule has 78 valence electrons. The number of aliphatic carboxylic acids is 1. The van der Waals surface area contributed by atoms with Gasteiger partial charge < -0.3 is 6.53 Å². The predicted molar refractivity (Wildman–Crippen MR) is 47.9 cm³/mol. The monoisotopic (exact) mass is 248 g/mol. The van der Waals surface area contributed by atoms with Gasteiger partial charge in [-0.1, -0.05) is 13.3 Å². The Morgan fingerprint density at radius 2 is 1.86 bits per heavy atom. The van der Waals surface area contributed by atoms with Crippen LogP contribution in [0.5, 0.6) is 0 Å². The van der Waals surface area contributed by atoms with E-state index in [4.69, 9.17) is 9.66 Å². The quantitative estimate of drug-likeness (QED) is 0.346. The molecular formula is C7H13KO5S. The number of carboxylic acids is 1. The van der Waals surface area contributed by atoms with E-state index < -0.39 is 21.0 Å². The van der Waals surface area contributed by atoms with Crippen molar-refractivity contribution < 1.29 is 75.7 Å². The standard InChI is InChI=1S/C7H12O5S.K.H/c1-3-4-6(13(10,11)12)5(2)7(8)9;;/h3-4H2,1-2H3,(H,8,9)(H,10,11,12);;/q;+1;-1. The van der Waals surface area contributed by atoms with E-state index in [0.29, 0.717) is 6.42 Å². The van der Waals surface area contributed by atoms with Gasteiger partial charge in [-0.15, -0.1) is 0 Å². The third kappa shape index (κ3) is 5.59. The summed E-state index contributed by atoms with van der Waals surface area (Å²) in [5.41, 5.74) is -0.329. The first kappa shape index (κ1) is 17.2. The second-order valence-corrected chi connectivity index (χ2v) is 4.02. The van der Waals surface area contributed by atoms with Gasteiger partial charge in [0.2, 0.25) is 0 Å². The van der Waals surface area contributed by atoms with Gasteiger partial charge in [-0.3, -0.25) is 4.55 Å². The number of hydrogen-bond acceptors (Lipinski definition) is 3. The van der Waals surface area contributed by atoms with Crippen LogP contribution in [0.15, 0.2) is 10.5 Å². The van der Waals surface area contributed by atoms with Crippen LogP contribution in [0.3, 0.4) is 0 Å². The summed E-state index contributed by atoms with van der Waals surface area (Å²) in [6, 6.07) is 0. The predicted octanol–water partition coefficient (Wildman–Crippen LogP) is -1.85. The first-order valence-electron chi connectivity index (χ1n) is 3.71. The molecule has 0 amide bonds. The zero-order chi connectivity index (χ0) is 10.6. The number of rotatable bonds is 4. The smallest absolute Gasteiger partial charge is 1.00 e. The average Bonchev–Trinajstić information content (AvgIpc) is 1.96. The van der Waals surface area contributed by atoms with E-state index in [1.54, 1.807) is 6.92 Å². The summed E-state index contributed by atoms with van der Waals surface area (Å²) in [6.45, 7) is 2.85. The van der Waals surface area contributed by atoms with Crippen molar-refractivity contribution in [2.45, 2.75) is 26.7 Å². The molecule has 0 aromatic rings. The Hall–Kier alpha value is 0.756. The summed E-state index contributed by atoms with van der Waals surface area (Å²) in [7, 11) is -4.37. The first-order chi connectivity index (χ1) is 5.80. The van der Waals surface area contributed by atoms with Crippen LogP contribution in [0.25, 0.3) is 0 Å². The van der Waals surface area contributed by atoms with Crippen molar-refractivity contribution in [1.82, 2.24) is 0 Å². The van der Waals surface area contributed by atoms with Crippen LogP contribution in [-0.2, 0) is 14.9 Å². The molecule has 0 aliphatic heterocycles. The zero-order valence-electron chi connectivity index (χ0n) is 9.44. The van der Waals surface area contributed by atoms with Crippen LogP contribution in [0.1, 0.15) is 28.1 Å². The van der Waals surface area contributed by atoms with Crippen molar-refractivity contribution in [3.8, 4) is 0 Å². The molecule has 0 radical (unpaired) electrons. The summed E-state index contributed by atoms with van der Waals surface area (Å²) in [4.78, 5) is 10.0. The maximum atomic E-state index is 10.7. The molecule has 7 heteroatoms. The van der Waals surface area contributed by atoms with Crippen molar-refractivity contribution in [2.24, 2.45) is 0 Å². The molecular weight excluding hydrogens is 235 g/mol. The molecule has 0 saturated carbocycles. The van der Waals surface area contributed by atoms with Crippen molar-refractivity contribution in [3.05, 3.63) is 10.5 Å². The van der Waals surface area contributed by atoms with Crippen molar-refractivity contribution in [2.75, 3.05) is 0 Å². The van der Waals surface area contributed by atoms with Crippen LogP contribution in [0.2, 0.25) is 0 Å². The molecule has 14 heavy (non-hydrogen) atoms. The van der Waals surface area contributed by atoms with Gasteiger partial charge in [0.25, 0.3) is 10.1 Å². The molecule has 0 spiro atoms. The Balaban J connectivity index is -0.000000720. The van der Waals surface area contributed by atoms with Gasteiger partial charge in [-0.25, -0.2) is 4.79 Å². The van der Waals surface area contributed by atoms with Crippen molar-refractivity contribution in [1.29, 1.82) is 0 Å². The maximum Gasteiger partial charge on any atom is 1.00 e. The van der Waals surface area contributed by atoms with E-state index in [0.717, 1.165) is 6.92 Å². The largest absolute Gasteiger partial charge is 1.00 e. The molecule has 0 bridgehead atoms. The second kappa shape index (κ2) is 7.10. The molecule has 0 heterocycles. The van der Waals surface area contributed by atoms with Crippen LogP contribution in [-0.4, -0.2) is 24.0 Å². The van der Waals surface area contributed by atoms with Crippen molar-refractivity contribution in [3.63, 3.8) is 0 Å². The summed E-state index contributed by atoms with van der Waals surface area (Å²) >= 11 is 0. The fourth-order valence-electron chi connectivity index (χ4n) is 0.856. The molecule has 0 saturated heterocycles. The molecule has 0 aliphatic rings. The minimum Gasteiger partial charge on any atom is -1.00 e. The van der Waals surface area contributed by atoms with Crippen LogP contribution in [0, 0.1) is 0 Å². The Morgan fingerprint density at radius 1 is 1.43 bits per heavy atom. The van der Waals surface area contributed by atoms with Gasteiger partial charge in [-0.05, 0) is 13.3 Å². The molecule has 5 nitrogen and oxygen atoms in total. The normalized spacial score (nSPS) is 12.8. The van der Waals surface area contributed by atoms with Gasteiger partial charge in [0, 0.05) is 0 Å². The molecule has 2 N–H and O–H groups in total. The van der Waals surface area contributed by atoms with E-state index >= 15 is 0 Å².